The van der Waals surface area contributed by atoms with Crippen LogP contribution >= 0.6 is 23.1 Å². The molecule has 2 amide bonds. The van der Waals surface area contributed by atoms with E-state index in [-0.39, 0.29) is 18.4 Å². The second-order valence-electron chi connectivity index (χ2n) is 7.21. The molecule has 0 saturated carbocycles. The second kappa shape index (κ2) is 9.06. The van der Waals surface area contributed by atoms with Crippen LogP contribution in [0.4, 0.5) is 5.69 Å². The summed E-state index contributed by atoms with van der Waals surface area (Å²) in [6.07, 6.45) is 0.469. The first-order chi connectivity index (χ1) is 14.5. The zero-order valence-electron chi connectivity index (χ0n) is 16.9. The summed E-state index contributed by atoms with van der Waals surface area (Å²) >= 11 is 3.36. The molecule has 0 spiro atoms. The Bertz CT molecular complexity index is 1030. The predicted octanol–water partition coefficient (Wildman–Crippen LogP) is 4.05. The third kappa shape index (κ3) is 4.44. The third-order valence-electron chi connectivity index (χ3n) is 4.83. The van der Waals surface area contributed by atoms with Gasteiger partial charge in [-0.25, -0.2) is 4.98 Å². The fourth-order valence-electron chi connectivity index (χ4n) is 3.32. The molecule has 156 valence electrons. The molecule has 0 radical (unpaired) electrons. The number of amides is 2. The highest BCUT2D eigenvalue weighted by Crippen LogP contribution is 2.34. The van der Waals surface area contributed by atoms with Gasteiger partial charge in [-0.3, -0.25) is 9.59 Å². The van der Waals surface area contributed by atoms with Crippen LogP contribution in [0.1, 0.15) is 12.8 Å². The van der Waals surface area contributed by atoms with Gasteiger partial charge in [0.15, 0.2) is 10.4 Å². The Morgan fingerprint density at radius 2 is 1.97 bits per heavy atom. The van der Waals surface area contributed by atoms with Gasteiger partial charge in [-0.05, 0) is 30.7 Å². The van der Waals surface area contributed by atoms with Crippen molar-refractivity contribution in [2.24, 2.45) is 0 Å². The summed E-state index contributed by atoms with van der Waals surface area (Å²) in [6, 6.07) is 15.5. The molecular weight excluding hydrogens is 418 g/mol. The first kappa shape index (κ1) is 20.7. The Kier molecular flexibility index (Phi) is 6.24. The molecule has 1 aromatic heterocycles. The van der Waals surface area contributed by atoms with Crippen molar-refractivity contribution in [3.05, 3.63) is 48.5 Å². The Morgan fingerprint density at radius 1 is 1.20 bits per heavy atom. The van der Waals surface area contributed by atoms with Crippen LogP contribution in [0, 0.1) is 0 Å². The normalized spacial score (nSPS) is 15.5. The summed E-state index contributed by atoms with van der Waals surface area (Å²) in [7, 11) is 3.38. The van der Waals surface area contributed by atoms with Crippen LogP contribution < -0.4 is 9.64 Å². The maximum Gasteiger partial charge on any atom is 0.265 e. The van der Waals surface area contributed by atoms with E-state index in [0.717, 1.165) is 27.7 Å². The number of benzene rings is 2. The van der Waals surface area contributed by atoms with Crippen molar-refractivity contribution in [1.29, 1.82) is 0 Å². The third-order valence-corrected chi connectivity index (χ3v) is 7.09. The largest absolute Gasteiger partial charge is 0.476 e. The number of likely N-dealkylation sites (N-methyl/N-ethyl adjacent to an activating group) is 1. The number of aromatic nitrogens is 1. The summed E-state index contributed by atoms with van der Waals surface area (Å²) in [5, 5.41) is 0. The van der Waals surface area contributed by atoms with Crippen molar-refractivity contribution in [3.63, 3.8) is 0 Å². The van der Waals surface area contributed by atoms with Gasteiger partial charge in [0.1, 0.15) is 5.75 Å². The number of anilines is 1. The van der Waals surface area contributed by atoms with Gasteiger partial charge in [-0.2, -0.15) is 0 Å². The molecule has 3 aromatic rings. The number of ether oxygens (including phenoxy) is 1. The van der Waals surface area contributed by atoms with E-state index in [1.54, 1.807) is 48.2 Å². The van der Waals surface area contributed by atoms with Crippen molar-refractivity contribution in [2.45, 2.75) is 23.3 Å². The molecule has 8 heteroatoms. The lowest BCUT2D eigenvalue weighted by Gasteiger charge is -2.35. The maximum absolute atomic E-state index is 13.0. The fraction of sp³-hybridized carbons (Fsp3) is 0.318. The second-order valence-corrected chi connectivity index (χ2v) is 9.58. The number of hydrogen-bond acceptors (Lipinski definition) is 6. The van der Waals surface area contributed by atoms with Gasteiger partial charge in [0.05, 0.1) is 22.4 Å². The lowest BCUT2D eigenvalue weighted by Crippen LogP contribution is -2.50. The van der Waals surface area contributed by atoms with Crippen molar-refractivity contribution in [1.82, 2.24) is 9.88 Å². The first-order valence-corrected chi connectivity index (χ1v) is 11.6. The van der Waals surface area contributed by atoms with Crippen molar-refractivity contribution in [2.75, 3.05) is 31.3 Å². The van der Waals surface area contributed by atoms with E-state index in [4.69, 9.17) is 4.74 Å². The molecule has 0 saturated heterocycles. The summed E-state index contributed by atoms with van der Waals surface area (Å²) in [5.41, 5.74) is 1.74. The zero-order valence-corrected chi connectivity index (χ0v) is 18.5. The number of para-hydroxylation sites is 3. The molecule has 1 atom stereocenters. The molecule has 0 aliphatic carbocycles. The Morgan fingerprint density at radius 3 is 2.77 bits per heavy atom. The fourth-order valence-corrected chi connectivity index (χ4v) is 5.40. The maximum atomic E-state index is 13.0. The number of thioether (sulfide) groups is 1. The molecule has 0 unspecified atom stereocenters. The van der Waals surface area contributed by atoms with Gasteiger partial charge < -0.3 is 14.5 Å². The summed E-state index contributed by atoms with van der Waals surface area (Å²) in [5.74, 6) is 1.25. The highest BCUT2D eigenvalue weighted by Gasteiger charge is 2.34. The Balaban J connectivity index is 1.37. The van der Waals surface area contributed by atoms with Crippen molar-refractivity contribution in [3.8, 4) is 5.75 Å². The van der Waals surface area contributed by atoms with Crippen LogP contribution in [0.2, 0.25) is 0 Å². The first-order valence-electron chi connectivity index (χ1n) is 9.78. The van der Waals surface area contributed by atoms with E-state index < -0.39 is 6.10 Å². The van der Waals surface area contributed by atoms with Gasteiger partial charge >= 0.3 is 0 Å². The topological polar surface area (TPSA) is 62.7 Å². The quantitative estimate of drug-likeness (QED) is 0.427. The van der Waals surface area contributed by atoms with Crippen LogP contribution in [0.25, 0.3) is 10.2 Å². The number of nitrogens with zero attached hydrogens (tertiary/aromatic N) is 3. The smallest absolute Gasteiger partial charge is 0.265 e. The van der Waals surface area contributed by atoms with Crippen LogP contribution in [-0.2, 0) is 9.59 Å². The van der Waals surface area contributed by atoms with Crippen molar-refractivity contribution < 1.29 is 14.3 Å². The van der Waals surface area contributed by atoms with Gasteiger partial charge in [0, 0.05) is 26.3 Å². The average Bonchev–Trinajstić information content (AvgIpc) is 3.18. The zero-order chi connectivity index (χ0) is 21.1. The Hall–Kier alpha value is -2.58. The summed E-state index contributed by atoms with van der Waals surface area (Å²) < 4.78 is 8.05. The van der Waals surface area contributed by atoms with E-state index in [1.165, 1.54) is 9.60 Å². The molecule has 2 heterocycles. The predicted molar refractivity (Wildman–Crippen MR) is 121 cm³/mol. The van der Waals surface area contributed by atoms with E-state index in [1.807, 2.05) is 36.4 Å². The minimum absolute atomic E-state index is 0.00667. The van der Waals surface area contributed by atoms with Crippen LogP contribution in [0.5, 0.6) is 5.75 Å². The van der Waals surface area contributed by atoms with Gasteiger partial charge in [0.2, 0.25) is 5.91 Å². The molecule has 30 heavy (non-hydrogen) atoms. The number of carbonyl (C=O) groups is 2. The van der Waals surface area contributed by atoms with E-state index in [9.17, 15) is 9.59 Å². The molecule has 4 rings (SSSR count). The molecular formula is C22H23N3O3S2. The number of hydrogen-bond donors (Lipinski definition) is 0. The van der Waals surface area contributed by atoms with E-state index in [0.29, 0.717) is 12.2 Å². The molecule has 0 fully saturated rings. The SMILES string of the molecule is CN(C)C(=O)[C@@H]1CN(C(=O)CCCSc2nc3ccccc3s2)c2ccccc2O1. The average molecular weight is 442 g/mol. The summed E-state index contributed by atoms with van der Waals surface area (Å²) in [4.78, 5) is 33.2. The lowest BCUT2D eigenvalue weighted by atomic mass is 10.1. The molecule has 6 nitrogen and oxygen atoms in total. The summed E-state index contributed by atoms with van der Waals surface area (Å²) in [6.45, 7) is 0.234. The number of carbonyl (C=O) groups excluding carboxylic acids is 2. The molecule has 0 N–H and O–H groups in total. The van der Waals surface area contributed by atoms with Gasteiger partial charge in [-0.15, -0.1) is 11.3 Å². The standard InChI is InChI=1S/C22H23N3O3S2/c1-24(2)21(27)18-14-25(16-9-4-5-10-17(16)28-18)20(26)12-7-13-29-22-23-15-8-3-6-11-19(15)30-22/h3-6,8-11,18H,7,12-14H2,1-2H3/t18-/m0/s1. The van der Waals surface area contributed by atoms with Crippen LogP contribution in [0.3, 0.4) is 0 Å². The molecule has 1 aliphatic heterocycles. The molecule has 2 aromatic carbocycles. The van der Waals surface area contributed by atoms with Gasteiger partial charge in [0.25, 0.3) is 5.91 Å². The minimum atomic E-state index is -0.684. The molecule has 0 bridgehead atoms. The van der Waals surface area contributed by atoms with Crippen LogP contribution in [-0.4, -0.2) is 54.2 Å². The lowest BCUT2D eigenvalue weighted by molar-refractivity contribution is -0.136. The van der Waals surface area contributed by atoms with E-state index >= 15 is 0 Å². The number of thiazole rings is 1. The minimum Gasteiger partial charge on any atom is -0.476 e. The van der Waals surface area contributed by atoms with E-state index in [2.05, 4.69) is 11.1 Å². The monoisotopic (exact) mass is 441 g/mol. The number of fused-ring (bicyclic) bond motifs is 2. The highest BCUT2D eigenvalue weighted by atomic mass is 32.2. The van der Waals surface area contributed by atoms with Crippen LogP contribution in [0.15, 0.2) is 52.9 Å². The Labute approximate surface area is 183 Å². The molecule has 1 aliphatic rings. The number of rotatable bonds is 6. The highest BCUT2D eigenvalue weighted by molar-refractivity contribution is 8.01. The van der Waals surface area contributed by atoms with Crippen molar-refractivity contribution >= 4 is 50.8 Å². The van der Waals surface area contributed by atoms with Gasteiger partial charge in [-0.1, -0.05) is 36.0 Å².